The summed E-state index contributed by atoms with van der Waals surface area (Å²) in [7, 11) is 0. The third kappa shape index (κ3) is 5.89. The normalized spacial score (nSPS) is 17.4. The molecule has 2 N–H and O–H groups in total. The second-order valence-electron chi connectivity index (χ2n) is 7.77. The van der Waals surface area contributed by atoms with E-state index in [1.54, 1.807) is 32.5 Å². The number of benzene rings is 1. The molecule has 0 saturated heterocycles. The van der Waals surface area contributed by atoms with Crippen LogP contribution in [0.2, 0.25) is 0 Å². The number of ether oxygens (including phenoxy) is 1. The van der Waals surface area contributed by atoms with E-state index in [4.69, 9.17) is 4.74 Å². The monoisotopic (exact) mass is 408 g/mol. The number of carbonyl (C=O) groups is 3. The summed E-state index contributed by atoms with van der Waals surface area (Å²) < 4.78 is 5.27. The lowest BCUT2D eigenvalue weighted by atomic mass is 9.93. The number of nitrogens with one attached hydrogen (secondary N) is 1. The number of rotatable bonds is 6. The summed E-state index contributed by atoms with van der Waals surface area (Å²) in [5.41, 5.74) is 1.17. The van der Waals surface area contributed by atoms with Gasteiger partial charge in [0.2, 0.25) is 5.91 Å². The topological polar surface area (TPSA) is 95.9 Å². The van der Waals surface area contributed by atoms with E-state index >= 15 is 0 Å². The molecule has 1 aliphatic heterocycles. The van der Waals surface area contributed by atoms with Crippen molar-refractivity contribution in [3.05, 3.63) is 35.4 Å². The van der Waals surface area contributed by atoms with Crippen LogP contribution < -0.4 is 5.32 Å². The first-order valence-corrected chi connectivity index (χ1v) is 10.6. The summed E-state index contributed by atoms with van der Waals surface area (Å²) >= 11 is 1.55. The van der Waals surface area contributed by atoms with Gasteiger partial charge in [-0.15, -0.1) is 0 Å². The SMILES string of the molecule is CSCC[C@H](NC(=O)OC(C)(C)C)C(=O)N1Cc2ccccc2C[C@H]1C(=O)O. The Bertz CT molecular complexity index is 732. The molecule has 2 amide bonds. The van der Waals surface area contributed by atoms with Crippen LogP contribution in [0.15, 0.2) is 24.3 Å². The van der Waals surface area contributed by atoms with Crippen molar-refractivity contribution in [2.24, 2.45) is 0 Å². The van der Waals surface area contributed by atoms with E-state index in [1.807, 2.05) is 30.5 Å². The Hall–Kier alpha value is -2.22. The molecule has 0 radical (unpaired) electrons. The molecule has 1 heterocycles. The summed E-state index contributed by atoms with van der Waals surface area (Å²) in [6, 6.07) is 5.71. The van der Waals surface area contributed by atoms with Gasteiger partial charge in [0.05, 0.1) is 0 Å². The third-order valence-electron chi connectivity index (χ3n) is 4.42. The lowest BCUT2D eigenvalue weighted by Gasteiger charge is -2.36. The van der Waals surface area contributed by atoms with Gasteiger partial charge in [0.1, 0.15) is 17.7 Å². The van der Waals surface area contributed by atoms with Gasteiger partial charge >= 0.3 is 12.1 Å². The molecule has 2 rings (SSSR count). The fourth-order valence-electron chi connectivity index (χ4n) is 3.12. The molecule has 8 heteroatoms. The van der Waals surface area contributed by atoms with E-state index in [0.717, 1.165) is 11.1 Å². The Morgan fingerprint density at radius 3 is 2.50 bits per heavy atom. The molecule has 0 saturated carbocycles. The van der Waals surface area contributed by atoms with Gasteiger partial charge < -0.3 is 20.1 Å². The number of aliphatic carboxylic acids is 1. The van der Waals surface area contributed by atoms with Crippen molar-refractivity contribution in [3.8, 4) is 0 Å². The molecule has 0 aliphatic carbocycles. The van der Waals surface area contributed by atoms with E-state index < -0.39 is 35.7 Å². The van der Waals surface area contributed by atoms with Crippen LogP contribution in [-0.2, 0) is 27.3 Å². The highest BCUT2D eigenvalue weighted by atomic mass is 32.2. The fourth-order valence-corrected chi connectivity index (χ4v) is 3.59. The third-order valence-corrected chi connectivity index (χ3v) is 5.06. The Kier molecular flexibility index (Phi) is 7.35. The molecule has 1 aromatic carbocycles. The van der Waals surface area contributed by atoms with Gasteiger partial charge in [-0.2, -0.15) is 11.8 Å². The number of hydrogen-bond donors (Lipinski definition) is 2. The Morgan fingerprint density at radius 2 is 1.93 bits per heavy atom. The Morgan fingerprint density at radius 1 is 1.29 bits per heavy atom. The van der Waals surface area contributed by atoms with Crippen LogP contribution >= 0.6 is 11.8 Å². The van der Waals surface area contributed by atoms with Crippen LogP contribution in [0, 0.1) is 0 Å². The minimum absolute atomic E-state index is 0.206. The predicted octanol–water partition coefficient (Wildman–Crippen LogP) is 2.67. The molecule has 0 unspecified atom stereocenters. The van der Waals surface area contributed by atoms with E-state index in [2.05, 4.69) is 5.32 Å². The number of carbonyl (C=O) groups excluding carboxylic acids is 2. The minimum atomic E-state index is -1.05. The second-order valence-corrected chi connectivity index (χ2v) is 8.76. The average molecular weight is 409 g/mol. The van der Waals surface area contributed by atoms with Crippen LogP contribution in [0.4, 0.5) is 4.79 Å². The average Bonchev–Trinajstić information content (AvgIpc) is 2.61. The van der Waals surface area contributed by atoms with Crippen LogP contribution in [0.1, 0.15) is 38.3 Å². The van der Waals surface area contributed by atoms with Crippen molar-refractivity contribution in [1.29, 1.82) is 0 Å². The zero-order valence-corrected chi connectivity index (χ0v) is 17.5. The molecule has 1 aliphatic rings. The zero-order valence-electron chi connectivity index (χ0n) is 16.7. The lowest BCUT2D eigenvalue weighted by molar-refractivity contribution is -0.152. The molecule has 1 aromatic rings. The predicted molar refractivity (Wildman–Crippen MR) is 108 cm³/mol. The molecule has 0 spiro atoms. The molecule has 0 bridgehead atoms. The summed E-state index contributed by atoms with van der Waals surface area (Å²) in [6.07, 6.45) is 1.87. The lowest BCUT2D eigenvalue weighted by Crippen LogP contribution is -2.56. The fraction of sp³-hybridized carbons (Fsp3) is 0.550. The molecule has 2 atom stereocenters. The van der Waals surface area contributed by atoms with Gasteiger partial charge in [-0.05, 0) is 50.3 Å². The van der Waals surface area contributed by atoms with Crippen molar-refractivity contribution in [3.63, 3.8) is 0 Å². The molecule has 154 valence electrons. The first-order valence-electron chi connectivity index (χ1n) is 9.21. The highest BCUT2D eigenvalue weighted by molar-refractivity contribution is 7.98. The number of amides is 2. The maximum atomic E-state index is 13.2. The molecular weight excluding hydrogens is 380 g/mol. The summed E-state index contributed by atoms with van der Waals surface area (Å²) in [5, 5.41) is 12.3. The number of carboxylic acids is 1. The first kappa shape index (κ1) is 22.1. The van der Waals surface area contributed by atoms with Gasteiger partial charge in [-0.1, -0.05) is 24.3 Å². The van der Waals surface area contributed by atoms with Crippen molar-refractivity contribution in [2.45, 2.75) is 57.8 Å². The second kappa shape index (κ2) is 9.32. The standard InChI is InChI=1S/C20H28N2O5S/c1-20(2,3)27-19(26)21-15(9-10-28-4)17(23)22-12-14-8-6-5-7-13(14)11-16(22)18(24)25/h5-8,15-16H,9-12H2,1-4H3,(H,21,26)(H,24,25)/t15-,16-/m0/s1. The van der Waals surface area contributed by atoms with Crippen LogP contribution in [0.25, 0.3) is 0 Å². The van der Waals surface area contributed by atoms with Crippen molar-refractivity contribution < 1.29 is 24.2 Å². The van der Waals surface area contributed by atoms with Gasteiger partial charge in [0.15, 0.2) is 0 Å². The van der Waals surface area contributed by atoms with Gasteiger partial charge in [-0.3, -0.25) is 4.79 Å². The molecular formula is C20H28N2O5S. The van der Waals surface area contributed by atoms with E-state index in [0.29, 0.717) is 12.2 Å². The largest absolute Gasteiger partial charge is 0.480 e. The summed E-state index contributed by atoms with van der Waals surface area (Å²) in [6.45, 7) is 5.44. The highest BCUT2D eigenvalue weighted by Crippen LogP contribution is 2.25. The number of alkyl carbamates (subject to hydrolysis) is 1. The van der Waals surface area contributed by atoms with Crippen LogP contribution in [0.3, 0.4) is 0 Å². The highest BCUT2D eigenvalue weighted by Gasteiger charge is 2.38. The Labute approximate surface area is 169 Å². The number of hydrogen-bond acceptors (Lipinski definition) is 5. The molecule has 28 heavy (non-hydrogen) atoms. The quantitative estimate of drug-likeness (QED) is 0.751. The number of fused-ring (bicyclic) bond motifs is 1. The van der Waals surface area contributed by atoms with E-state index in [9.17, 15) is 19.5 Å². The number of thioether (sulfide) groups is 1. The van der Waals surface area contributed by atoms with Gasteiger partial charge in [-0.25, -0.2) is 9.59 Å². The smallest absolute Gasteiger partial charge is 0.408 e. The molecule has 0 aromatic heterocycles. The van der Waals surface area contributed by atoms with Gasteiger partial charge in [0.25, 0.3) is 0 Å². The van der Waals surface area contributed by atoms with Gasteiger partial charge in [0, 0.05) is 13.0 Å². The maximum absolute atomic E-state index is 13.2. The van der Waals surface area contributed by atoms with Crippen molar-refractivity contribution in [2.75, 3.05) is 12.0 Å². The van der Waals surface area contributed by atoms with Crippen LogP contribution in [0.5, 0.6) is 0 Å². The summed E-state index contributed by atoms with van der Waals surface area (Å²) in [4.78, 5) is 38.6. The van der Waals surface area contributed by atoms with E-state index in [1.165, 1.54) is 4.90 Å². The first-order chi connectivity index (χ1) is 13.1. The summed E-state index contributed by atoms with van der Waals surface area (Å²) in [5.74, 6) is -0.806. The number of nitrogens with zero attached hydrogens (tertiary/aromatic N) is 1. The van der Waals surface area contributed by atoms with E-state index in [-0.39, 0.29) is 13.0 Å². The number of carboxylic acid groups (broad SMARTS) is 1. The zero-order chi connectivity index (χ0) is 20.9. The maximum Gasteiger partial charge on any atom is 0.408 e. The van der Waals surface area contributed by atoms with Crippen LogP contribution in [-0.4, -0.2) is 57.7 Å². The molecule has 0 fully saturated rings. The Balaban J connectivity index is 2.23. The van der Waals surface area contributed by atoms with Crippen molar-refractivity contribution >= 4 is 29.7 Å². The van der Waals surface area contributed by atoms with Crippen molar-refractivity contribution in [1.82, 2.24) is 10.2 Å². The molecule has 7 nitrogen and oxygen atoms in total. The minimum Gasteiger partial charge on any atom is -0.480 e.